The SMILES string of the molecule is Cc1ccccc1CC(C)NC(=O)C1(N)CCCC(C)C1. The van der Waals surface area contributed by atoms with Crippen LogP contribution in [0.4, 0.5) is 0 Å². The highest BCUT2D eigenvalue weighted by molar-refractivity contribution is 5.86. The molecule has 3 heteroatoms. The maximum Gasteiger partial charge on any atom is 0.240 e. The summed E-state index contributed by atoms with van der Waals surface area (Å²) in [5, 5.41) is 3.12. The molecule has 21 heavy (non-hydrogen) atoms. The molecule has 3 nitrogen and oxygen atoms in total. The van der Waals surface area contributed by atoms with Crippen LogP contribution in [0.2, 0.25) is 0 Å². The Morgan fingerprint density at radius 3 is 2.86 bits per heavy atom. The molecule has 3 atom stereocenters. The van der Waals surface area contributed by atoms with Crippen LogP contribution in [-0.2, 0) is 11.2 Å². The second-order valence-electron chi connectivity index (χ2n) is 6.86. The highest BCUT2D eigenvalue weighted by Crippen LogP contribution is 2.30. The Balaban J connectivity index is 1.94. The molecule has 0 radical (unpaired) electrons. The molecule has 116 valence electrons. The first-order chi connectivity index (χ1) is 9.90. The lowest BCUT2D eigenvalue weighted by Gasteiger charge is -2.36. The first kappa shape index (κ1) is 16.0. The minimum atomic E-state index is -0.669. The molecule has 1 aliphatic rings. The van der Waals surface area contributed by atoms with E-state index in [1.54, 1.807) is 0 Å². The highest BCUT2D eigenvalue weighted by atomic mass is 16.2. The van der Waals surface area contributed by atoms with Crippen molar-refractivity contribution in [1.82, 2.24) is 5.32 Å². The van der Waals surface area contributed by atoms with Gasteiger partial charge in [-0.05, 0) is 50.2 Å². The number of aryl methyl sites for hydroxylation is 1. The van der Waals surface area contributed by atoms with Crippen LogP contribution in [0.25, 0.3) is 0 Å². The average Bonchev–Trinajstić information content (AvgIpc) is 2.41. The molecule has 0 bridgehead atoms. The molecule has 1 amide bonds. The van der Waals surface area contributed by atoms with Crippen LogP contribution in [0.15, 0.2) is 24.3 Å². The maximum absolute atomic E-state index is 12.5. The summed E-state index contributed by atoms with van der Waals surface area (Å²) in [6.45, 7) is 6.35. The molecule has 0 aliphatic heterocycles. The van der Waals surface area contributed by atoms with Crippen molar-refractivity contribution in [2.24, 2.45) is 11.7 Å². The quantitative estimate of drug-likeness (QED) is 0.895. The predicted octanol–water partition coefficient (Wildman–Crippen LogP) is 2.95. The van der Waals surface area contributed by atoms with Gasteiger partial charge in [-0.25, -0.2) is 0 Å². The fourth-order valence-corrected chi connectivity index (χ4v) is 3.39. The topological polar surface area (TPSA) is 55.1 Å². The second-order valence-corrected chi connectivity index (χ2v) is 6.86. The van der Waals surface area contributed by atoms with E-state index in [0.717, 1.165) is 25.7 Å². The summed E-state index contributed by atoms with van der Waals surface area (Å²) < 4.78 is 0. The van der Waals surface area contributed by atoms with Gasteiger partial charge in [0, 0.05) is 6.04 Å². The summed E-state index contributed by atoms with van der Waals surface area (Å²) in [4.78, 5) is 12.5. The van der Waals surface area contributed by atoms with Gasteiger partial charge in [0.05, 0.1) is 5.54 Å². The number of nitrogens with two attached hydrogens (primary N) is 1. The minimum Gasteiger partial charge on any atom is -0.352 e. The van der Waals surface area contributed by atoms with Crippen LogP contribution >= 0.6 is 0 Å². The van der Waals surface area contributed by atoms with E-state index in [0.29, 0.717) is 5.92 Å². The van der Waals surface area contributed by atoms with Gasteiger partial charge in [0.15, 0.2) is 0 Å². The molecule has 1 aromatic carbocycles. The van der Waals surface area contributed by atoms with Crippen molar-refractivity contribution in [2.75, 3.05) is 0 Å². The summed E-state index contributed by atoms with van der Waals surface area (Å²) in [7, 11) is 0. The molecule has 1 fully saturated rings. The van der Waals surface area contributed by atoms with E-state index in [4.69, 9.17) is 5.73 Å². The number of carbonyl (C=O) groups is 1. The Morgan fingerprint density at radius 1 is 1.48 bits per heavy atom. The van der Waals surface area contributed by atoms with Crippen LogP contribution < -0.4 is 11.1 Å². The van der Waals surface area contributed by atoms with Gasteiger partial charge >= 0.3 is 0 Å². The highest BCUT2D eigenvalue weighted by Gasteiger charge is 2.38. The third kappa shape index (κ3) is 4.07. The Kier molecular flexibility index (Phi) is 5.04. The zero-order valence-corrected chi connectivity index (χ0v) is 13.5. The van der Waals surface area contributed by atoms with Crippen molar-refractivity contribution in [1.29, 1.82) is 0 Å². The molecular weight excluding hydrogens is 260 g/mol. The maximum atomic E-state index is 12.5. The molecule has 1 saturated carbocycles. The summed E-state index contributed by atoms with van der Waals surface area (Å²) in [5.74, 6) is 0.566. The number of nitrogens with one attached hydrogen (secondary N) is 1. The third-order valence-corrected chi connectivity index (χ3v) is 4.65. The van der Waals surface area contributed by atoms with Gasteiger partial charge in [-0.15, -0.1) is 0 Å². The van der Waals surface area contributed by atoms with E-state index in [-0.39, 0.29) is 11.9 Å². The van der Waals surface area contributed by atoms with Crippen molar-refractivity contribution in [3.8, 4) is 0 Å². The summed E-state index contributed by atoms with van der Waals surface area (Å²) >= 11 is 0. The minimum absolute atomic E-state index is 0.0233. The third-order valence-electron chi connectivity index (χ3n) is 4.65. The summed E-state index contributed by atoms with van der Waals surface area (Å²) in [6, 6.07) is 8.43. The number of rotatable bonds is 4. The van der Waals surface area contributed by atoms with Gasteiger partial charge in [-0.3, -0.25) is 4.79 Å². The summed E-state index contributed by atoms with van der Waals surface area (Å²) in [5.41, 5.74) is 8.24. The number of hydrogen-bond donors (Lipinski definition) is 2. The Morgan fingerprint density at radius 2 is 2.19 bits per heavy atom. The molecule has 1 aromatic rings. The fourth-order valence-electron chi connectivity index (χ4n) is 3.39. The lowest BCUT2D eigenvalue weighted by atomic mass is 9.76. The Labute approximate surface area is 128 Å². The van der Waals surface area contributed by atoms with Crippen molar-refractivity contribution in [2.45, 2.75) is 64.5 Å². The molecule has 0 saturated heterocycles. The van der Waals surface area contributed by atoms with Crippen molar-refractivity contribution in [3.63, 3.8) is 0 Å². The van der Waals surface area contributed by atoms with E-state index in [2.05, 4.69) is 38.2 Å². The van der Waals surface area contributed by atoms with Crippen LogP contribution in [0, 0.1) is 12.8 Å². The van der Waals surface area contributed by atoms with Gasteiger partial charge < -0.3 is 11.1 Å². The van der Waals surface area contributed by atoms with Crippen molar-refractivity contribution >= 4 is 5.91 Å². The Bertz CT molecular complexity index is 500. The molecule has 1 aliphatic carbocycles. The van der Waals surface area contributed by atoms with Crippen LogP contribution in [0.3, 0.4) is 0 Å². The van der Waals surface area contributed by atoms with E-state index < -0.39 is 5.54 Å². The molecule has 3 N–H and O–H groups in total. The summed E-state index contributed by atoms with van der Waals surface area (Å²) in [6.07, 6.45) is 4.70. The van der Waals surface area contributed by atoms with Gasteiger partial charge in [0.2, 0.25) is 5.91 Å². The normalized spacial score (nSPS) is 27.1. The van der Waals surface area contributed by atoms with E-state index in [1.165, 1.54) is 17.5 Å². The zero-order chi connectivity index (χ0) is 15.5. The molecule has 2 rings (SSSR count). The first-order valence-corrected chi connectivity index (χ1v) is 8.05. The molecule has 0 aromatic heterocycles. The van der Waals surface area contributed by atoms with Gasteiger partial charge in [0.1, 0.15) is 0 Å². The van der Waals surface area contributed by atoms with Crippen LogP contribution in [0.1, 0.15) is 50.7 Å². The first-order valence-electron chi connectivity index (χ1n) is 8.05. The molecule has 0 heterocycles. The van der Waals surface area contributed by atoms with Crippen molar-refractivity contribution in [3.05, 3.63) is 35.4 Å². The number of hydrogen-bond acceptors (Lipinski definition) is 2. The fraction of sp³-hybridized carbons (Fsp3) is 0.611. The zero-order valence-electron chi connectivity index (χ0n) is 13.5. The molecule has 3 unspecified atom stereocenters. The van der Waals surface area contributed by atoms with Crippen molar-refractivity contribution < 1.29 is 4.79 Å². The predicted molar refractivity (Wildman–Crippen MR) is 87.0 cm³/mol. The molecular formula is C18H28N2O. The van der Waals surface area contributed by atoms with Gasteiger partial charge in [-0.2, -0.15) is 0 Å². The lowest BCUT2D eigenvalue weighted by molar-refractivity contribution is -0.128. The van der Waals surface area contributed by atoms with Crippen LogP contribution in [-0.4, -0.2) is 17.5 Å². The monoisotopic (exact) mass is 288 g/mol. The van der Waals surface area contributed by atoms with E-state index in [9.17, 15) is 4.79 Å². The second kappa shape index (κ2) is 6.61. The number of benzene rings is 1. The van der Waals surface area contributed by atoms with Gasteiger partial charge in [0.25, 0.3) is 0 Å². The number of carbonyl (C=O) groups excluding carboxylic acids is 1. The van der Waals surface area contributed by atoms with E-state index in [1.807, 2.05) is 12.1 Å². The Hall–Kier alpha value is -1.35. The smallest absolute Gasteiger partial charge is 0.240 e. The average molecular weight is 288 g/mol. The number of amides is 1. The standard InChI is InChI=1S/C18H28N2O/c1-13-7-6-10-18(19,12-13)17(21)20-15(3)11-16-9-5-4-8-14(16)2/h4-5,8-9,13,15H,6-7,10-12,19H2,1-3H3,(H,20,21). The largest absolute Gasteiger partial charge is 0.352 e. The molecule has 0 spiro atoms. The van der Waals surface area contributed by atoms with E-state index >= 15 is 0 Å². The van der Waals surface area contributed by atoms with Gasteiger partial charge in [-0.1, -0.05) is 44.0 Å². The van der Waals surface area contributed by atoms with Crippen LogP contribution in [0.5, 0.6) is 0 Å². The lowest BCUT2D eigenvalue weighted by Crippen LogP contribution is -2.58.